The summed E-state index contributed by atoms with van der Waals surface area (Å²) in [6, 6.07) is 15.2. The molecule has 2 fully saturated rings. The third kappa shape index (κ3) is 4.77. The highest BCUT2D eigenvalue weighted by Crippen LogP contribution is 2.24. The Morgan fingerprint density at radius 3 is 2.73 bits per heavy atom. The first-order valence-corrected chi connectivity index (χ1v) is 11.5. The smallest absolute Gasteiger partial charge is 0.194 e. The molecule has 2 atom stereocenters. The van der Waals surface area contributed by atoms with Crippen LogP contribution in [0.3, 0.4) is 0 Å². The molecule has 4 heterocycles. The average Bonchev–Trinajstić information content (AvgIpc) is 3.47. The molecule has 1 aromatic carbocycles. The lowest BCUT2D eigenvalue weighted by atomic mass is 10.1. The molecule has 2 aliphatic heterocycles. The van der Waals surface area contributed by atoms with Gasteiger partial charge in [-0.3, -0.25) is 14.5 Å². The minimum atomic E-state index is 0.209. The Bertz CT molecular complexity index is 1080. The predicted octanol–water partition coefficient (Wildman–Crippen LogP) is 2.24. The van der Waals surface area contributed by atoms with Crippen molar-refractivity contribution in [3.63, 3.8) is 0 Å². The average molecular weight is 446 g/mol. The van der Waals surface area contributed by atoms with Crippen LogP contribution >= 0.6 is 0 Å². The summed E-state index contributed by atoms with van der Waals surface area (Å²) in [4.78, 5) is 18.3. The summed E-state index contributed by atoms with van der Waals surface area (Å²) < 4.78 is 8.11. The maximum atomic E-state index is 6.13. The lowest BCUT2D eigenvalue weighted by molar-refractivity contribution is -0.0502. The Balaban J connectivity index is 1.20. The number of ether oxygens (including phenoxy) is 1. The maximum absolute atomic E-state index is 6.13. The van der Waals surface area contributed by atoms with E-state index in [1.54, 1.807) is 6.20 Å². The van der Waals surface area contributed by atoms with Gasteiger partial charge in [-0.25, -0.2) is 9.97 Å². The van der Waals surface area contributed by atoms with Gasteiger partial charge in [0.25, 0.3) is 0 Å². The number of imidazole rings is 1. The van der Waals surface area contributed by atoms with Crippen LogP contribution in [0.2, 0.25) is 0 Å². The number of hydrogen-bond donors (Lipinski definition) is 1. The van der Waals surface area contributed by atoms with E-state index in [1.165, 1.54) is 5.56 Å². The molecule has 3 aromatic rings. The van der Waals surface area contributed by atoms with Gasteiger partial charge >= 0.3 is 0 Å². The number of rotatable bonds is 5. The van der Waals surface area contributed by atoms with Crippen molar-refractivity contribution in [2.24, 2.45) is 4.99 Å². The molecule has 1 N–H and O–H groups in total. The van der Waals surface area contributed by atoms with E-state index in [2.05, 4.69) is 66.5 Å². The third-order valence-corrected chi connectivity index (χ3v) is 6.49. The number of aryl methyl sites for hydroxylation is 1. The van der Waals surface area contributed by atoms with Crippen LogP contribution in [0.15, 0.2) is 66.0 Å². The number of pyridine rings is 1. The topological polar surface area (TPSA) is 70.8 Å². The van der Waals surface area contributed by atoms with Crippen molar-refractivity contribution in [3.8, 4) is 5.82 Å². The van der Waals surface area contributed by atoms with E-state index in [9.17, 15) is 0 Å². The standard InChI is InChI=1S/C25H31N7O/c1-19-27-10-11-32(19)24-9-8-21(14-28-24)15-29-25(26-2)31-17-22-23(18-31)33-13-12-30(22)16-20-6-4-3-5-7-20/h3-11,14,22-23H,12-13,15-18H2,1-2H3,(H,26,29). The van der Waals surface area contributed by atoms with Crippen LogP contribution in [0, 0.1) is 6.92 Å². The fourth-order valence-corrected chi connectivity index (χ4v) is 4.74. The maximum Gasteiger partial charge on any atom is 0.194 e. The van der Waals surface area contributed by atoms with E-state index in [1.807, 2.05) is 37.0 Å². The van der Waals surface area contributed by atoms with Gasteiger partial charge < -0.3 is 15.0 Å². The number of hydrogen-bond acceptors (Lipinski definition) is 5. The van der Waals surface area contributed by atoms with Crippen LogP contribution in [0.4, 0.5) is 0 Å². The van der Waals surface area contributed by atoms with Gasteiger partial charge in [-0.2, -0.15) is 0 Å². The van der Waals surface area contributed by atoms with Gasteiger partial charge in [-0.1, -0.05) is 36.4 Å². The molecular formula is C25H31N7O. The highest BCUT2D eigenvalue weighted by atomic mass is 16.5. The molecule has 8 heteroatoms. The van der Waals surface area contributed by atoms with E-state index < -0.39 is 0 Å². The summed E-state index contributed by atoms with van der Waals surface area (Å²) in [5, 5.41) is 3.51. The van der Waals surface area contributed by atoms with E-state index >= 15 is 0 Å². The second-order valence-electron chi connectivity index (χ2n) is 8.61. The summed E-state index contributed by atoms with van der Waals surface area (Å²) in [6.07, 6.45) is 5.83. The van der Waals surface area contributed by atoms with Crippen LogP contribution in [-0.4, -0.2) is 75.7 Å². The van der Waals surface area contributed by atoms with E-state index in [0.717, 1.165) is 56.0 Å². The Labute approximate surface area is 194 Å². The van der Waals surface area contributed by atoms with Crippen molar-refractivity contribution in [3.05, 3.63) is 78.0 Å². The molecule has 172 valence electrons. The Hall–Kier alpha value is -3.23. The number of morpholine rings is 1. The first-order chi connectivity index (χ1) is 16.2. The summed E-state index contributed by atoms with van der Waals surface area (Å²) in [6.45, 7) is 7.11. The van der Waals surface area contributed by atoms with Crippen LogP contribution < -0.4 is 5.32 Å². The molecule has 0 radical (unpaired) electrons. The second-order valence-corrected chi connectivity index (χ2v) is 8.61. The number of benzene rings is 1. The van der Waals surface area contributed by atoms with Crippen molar-refractivity contribution in [2.45, 2.75) is 32.2 Å². The first-order valence-electron chi connectivity index (χ1n) is 11.5. The predicted molar refractivity (Wildman–Crippen MR) is 128 cm³/mol. The van der Waals surface area contributed by atoms with Crippen molar-refractivity contribution in [1.82, 2.24) is 29.7 Å². The number of guanidine groups is 1. The van der Waals surface area contributed by atoms with E-state index in [4.69, 9.17) is 4.74 Å². The summed E-state index contributed by atoms with van der Waals surface area (Å²) in [5.41, 5.74) is 2.46. The van der Waals surface area contributed by atoms with E-state index in [-0.39, 0.29) is 6.10 Å². The third-order valence-electron chi connectivity index (χ3n) is 6.49. The zero-order valence-electron chi connectivity index (χ0n) is 19.3. The van der Waals surface area contributed by atoms with Gasteiger partial charge in [-0.05, 0) is 24.1 Å². The highest BCUT2D eigenvalue weighted by molar-refractivity contribution is 5.80. The number of likely N-dealkylation sites (tertiary alicyclic amines) is 1. The van der Waals surface area contributed by atoms with Crippen LogP contribution in [0.1, 0.15) is 17.0 Å². The monoisotopic (exact) mass is 445 g/mol. The minimum absolute atomic E-state index is 0.209. The molecule has 0 aliphatic carbocycles. The molecule has 2 aromatic heterocycles. The molecule has 2 unspecified atom stereocenters. The van der Waals surface area contributed by atoms with Gasteiger partial charge in [0.1, 0.15) is 11.6 Å². The molecule has 8 nitrogen and oxygen atoms in total. The zero-order chi connectivity index (χ0) is 22.6. The lowest BCUT2D eigenvalue weighted by Crippen LogP contribution is -2.50. The van der Waals surface area contributed by atoms with Crippen LogP contribution in [0.25, 0.3) is 5.82 Å². The van der Waals surface area contributed by atoms with Gasteiger partial charge in [0.2, 0.25) is 0 Å². The highest BCUT2D eigenvalue weighted by Gasteiger charge is 2.41. The van der Waals surface area contributed by atoms with E-state index in [0.29, 0.717) is 12.6 Å². The van der Waals surface area contributed by atoms with Crippen molar-refractivity contribution < 1.29 is 4.74 Å². The Morgan fingerprint density at radius 2 is 2.00 bits per heavy atom. The first kappa shape index (κ1) is 21.6. The quantitative estimate of drug-likeness (QED) is 0.480. The summed E-state index contributed by atoms with van der Waals surface area (Å²) in [5.74, 6) is 2.70. The van der Waals surface area contributed by atoms with Gasteiger partial charge in [0.05, 0.1) is 18.8 Å². The van der Waals surface area contributed by atoms with Crippen molar-refractivity contribution >= 4 is 5.96 Å². The molecule has 0 saturated carbocycles. The fourth-order valence-electron chi connectivity index (χ4n) is 4.74. The molecule has 2 saturated heterocycles. The fraction of sp³-hybridized carbons (Fsp3) is 0.400. The van der Waals surface area contributed by atoms with Gasteiger partial charge in [0, 0.05) is 58.4 Å². The molecular weight excluding hydrogens is 414 g/mol. The number of aromatic nitrogens is 3. The normalized spacial score (nSPS) is 21.3. The minimum Gasteiger partial charge on any atom is -0.373 e. The number of fused-ring (bicyclic) bond motifs is 1. The number of nitrogens with zero attached hydrogens (tertiary/aromatic N) is 6. The molecule has 0 bridgehead atoms. The molecule has 33 heavy (non-hydrogen) atoms. The molecule has 2 aliphatic rings. The Kier molecular flexibility index (Phi) is 6.37. The second kappa shape index (κ2) is 9.72. The van der Waals surface area contributed by atoms with Gasteiger partial charge in [-0.15, -0.1) is 0 Å². The zero-order valence-corrected chi connectivity index (χ0v) is 19.3. The Morgan fingerprint density at radius 1 is 1.12 bits per heavy atom. The van der Waals surface area contributed by atoms with Crippen molar-refractivity contribution in [2.75, 3.05) is 33.3 Å². The van der Waals surface area contributed by atoms with Crippen LogP contribution in [-0.2, 0) is 17.8 Å². The summed E-state index contributed by atoms with van der Waals surface area (Å²) >= 11 is 0. The summed E-state index contributed by atoms with van der Waals surface area (Å²) in [7, 11) is 1.84. The number of aliphatic imine (C=N–C) groups is 1. The SMILES string of the molecule is CN=C(NCc1ccc(-n2ccnc2C)nc1)N1CC2OCCN(Cc3ccccc3)C2C1. The van der Waals surface area contributed by atoms with Crippen LogP contribution in [0.5, 0.6) is 0 Å². The molecule has 0 amide bonds. The molecule has 0 spiro atoms. The molecule has 5 rings (SSSR count). The van der Waals surface area contributed by atoms with Crippen molar-refractivity contribution in [1.29, 1.82) is 0 Å². The number of nitrogens with one attached hydrogen (secondary N) is 1. The lowest BCUT2D eigenvalue weighted by Gasteiger charge is -2.36. The van der Waals surface area contributed by atoms with Gasteiger partial charge in [0.15, 0.2) is 5.96 Å². The largest absolute Gasteiger partial charge is 0.373 e.